The molecule has 0 amide bonds. The second kappa shape index (κ2) is 8.15. The fourth-order valence-electron chi connectivity index (χ4n) is 2.63. The summed E-state index contributed by atoms with van der Waals surface area (Å²) >= 11 is 0. The van der Waals surface area contributed by atoms with Gasteiger partial charge in [0.05, 0.1) is 0 Å². The zero-order valence-electron chi connectivity index (χ0n) is 11.7. The molecule has 1 nitrogen and oxygen atoms in total. The van der Waals surface area contributed by atoms with Crippen LogP contribution in [0.25, 0.3) is 0 Å². The molecular weight excluding hydrogens is 182 g/mol. The van der Waals surface area contributed by atoms with E-state index in [4.69, 9.17) is 0 Å². The average molecular weight is 213 g/mol. The van der Waals surface area contributed by atoms with E-state index >= 15 is 0 Å². The van der Waals surface area contributed by atoms with Crippen LogP contribution in [0.3, 0.4) is 0 Å². The molecule has 0 aliphatic carbocycles. The van der Waals surface area contributed by atoms with Crippen molar-refractivity contribution in [2.75, 3.05) is 0 Å². The number of rotatable bonds is 8. The van der Waals surface area contributed by atoms with Crippen LogP contribution in [0.2, 0.25) is 0 Å². The minimum Gasteiger partial charge on any atom is -0.296 e. The fraction of sp³-hybridized carbons (Fsp3) is 1.00. The third-order valence-electron chi connectivity index (χ3n) is 3.23. The van der Waals surface area contributed by atoms with Crippen LogP contribution in [0.15, 0.2) is 0 Å². The highest BCUT2D eigenvalue weighted by Gasteiger charge is 2.21. The molecule has 0 radical (unpaired) electrons. The van der Waals surface area contributed by atoms with Gasteiger partial charge < -0.3 is 0 Å². The average Bonchev–Trinajstić information content (AvgIpc) is 2.15. The normalized spacial score (nSPS) is 14.2. The molecule has 0 bridgehead atoms. The molecule has 1 unspecified atom stereocenters. The lowest BCUT2D eigenvalue weighted by molar-refractivity contribution is 0.101. The van der Waals surface area contributed by atoms with Crippen LogP contribution in [0.4, 0.5) is 0 Å². The Labute approximate surface area is 97.2 Å². The van der Waals surface area contributed by atoms with Gasteiger partial charge in [0.25, 0.3) is 0 Å². The molecule has 0 saturated carbocycles. The van der Waals surface area contributed by atoms with Gasteiger partial charge in [0, 0.05) is 18.1 Å². The minimum atomic E-state index is 0.677. The quantitative estimate of drug-likeness (QED) is 0.538. The van der Waals surface area contributed by atoms with Crippen LogP contribution in [0.5, 0.6) is 0 Å². The Morgan fingerprint density at radius 3 is 1.73 bits per heavy atom. The number of hydrogen-bond acceptors (Lipinski definition) is 1. The van der Waals surface area contributed by atoms with E-state index < -0.39 is 0 Å². The first-order valence-corrected chi connectivity index (χ1v) is 6.81. The molecule has 0 aliphatic rings. The molecule has 0 saturated heterocycles. The highest BCUT2D eigenvalue weighted by atomic mass is 15.2. The van der Waals surface area contributed by atoms with Crippen LogP contribution in [0, 0.1) is 0 Å². The highest BCUT2D eigenvalue weighted by molar-refractivity contribution is 4.76. The fourth-order valence-corrected chi connectivity index (χ4v) is 2.63. The van der Waals surface area contributed by atoms with Crippen LogP contribution < -0.4 is 0 Å². The first kappa shape index (κ1) is 15.0. The second-order valence-electron chi connectivity index (χ2n) is 5.19. The molecule has 15 heavy (non-hydrogen) atoms. The van der Waals surface area contributed by atoms with Gasteiger partial charge in [-0.1, -0.05) is 33.1 Å². The Bertz CT molecular complexity index is 132. The third-order valence-corrected chi connectivity index (χ3v) is 3.23. The molecule has 0 aromatic heterocycles. The van der Waals surface area contributed by atoms with Crippen molar-refractivity contribution in [2.24, 2.45) is 0 Å². The van der Waals surface area contributed by atoms with Crippen molar-refractivity contribution in [1.29, 1.82) is 0 Å². The summed E-state index contributed by atoms with van der Waals surface area (Å²) in [5.41, 5.74) is 0. The molecule has 0 N–H and O–H groups in total. The summed E-state index contributed by atoms with van der Waals surface area (Å²) in [6.45, 7) is 13.9. The predicted octanol–water partition coefficient (Wildman–Crippen LogP) is 4.46. The van der Waals surface area contributed by atoms with Gasteiger partial charge in [-0.15, -0.1) is 0 Å². The Morgan fingerprint density at radius 1 is 0.867 bits per heavy atom. The first-order valence-electron chi connectivity index (χ1n) is 6.81. The Morgan fingerprint density at radius 2 is 1.40 bits per heavy atom. The molecule has 0 rings (SSSR count). The van der Waals surface area contributed by atoms with E-state index in [1.165, 1.54) is 32.1 Å². The monoisotopic (exact) mass is 213 g/mol. The molecule has 92 valence electrons. The molecule has 0 spiro atoms. The van der Waals surface area contributed by atoms with Crippen LogP contribution in [-0.4, -0.2) is 23.0 Å². The van der Waals surface area contributed by atoms with Gasteiger partial charge in [0.2, 0.25) is 0 Å². The maximum atomic E-state index is 2.68. The molecule has 0 aromatic carbocycles. The van der Waals surface area contributed by atoms with Crippen LogP contribution in [0.1, 0.15) is 73.6 Å². The molecular formula is C14H31N. The summed E-state index contributed by atoms with van der Waals surface area (Å²) in [7, 11) is 0. The molecule has 1 heteroatoms. The van der Waals surface area contributed by atoms with Crippen molar-refractivity contribution in [3.63, 3.8) is 0 Å². The van der Waals surface area contributed by atoms with Gasteiger partial charge in [-0.2, -0.15) is 0 Å². The predicted molar refractivity (Wildman–Crippen MR) is 70.3 cm³/mol. The van der Waals surface area contributed by atoms with E-state index in [2.05, 4.69) is 46.4 Å². The smallest absolute Gasteiger partial charge is 0.00980 e. The zero-order valence-corrected chi connectivity index (χ0v) is 11.7. The highest BCUT2D eigenvalue weighted by Crippen LogP contribution is 2.18. The van der Waals surface area contributed by atoms with E-state index in [1.807, 2.05) is 0 Å². The van der Waals surface area contributed by atoms with Gasteiger partial charge in [0.15, 0.2) is 0 Å². The summed E-state index contributed by atoms with van der Waals surface area (Å²) in [5.74, 6) is 0. The Kier molecular flexibility index (Phi) is 8.13. The van der Waals surface area contributed by atoms with E-state index in [-0.39, 0.29) is 0 Å². The van der Waals surface area contributed by atoms with Crippen molar-refractivity contribution in [3.8, 4) is 0 Å². The van der Waals surface area contributed by atoms with E-state index in [1.54, 1.807) is 0 Å². The van der Waals surface area contributed by atoms with Gasteiger partial charge in [-0.25, -0.2) is 0 Å². The molecule has 1 atom stereocenters. The van der Waals surface area contributed by atoms with Gasteiger partial charge in [-0.05, 0) is 40.5 Å². The van der Waals surface area contributed by atoms with Crippen molar-refractivity contribution in [1.82, 2.24) is 4.90 Å². The van der Waals surface area contributed by atoms with Crippen LogP contribution >= 0.6 is 0 Å². The van der Waals surface area contributed by atoms with Gasteiger partial charge >= 0.3 is 0 Å². The van der Waals surface area contributed by atoms with Gasteiger partial charge in [-0.3, -0.25) is 4.90 Å². The minimum absolute atomic E-state index is 0.677. The van der Waals surface area contributed by atoms with E-state index in [0.29, 0.717) is 12.1 Å². The summed E-state index contributed by atoms with van der Waals surface area (Å²) in [5, 5.41) is 0. The van der Waals surface area contributed by atoms with E-state index in [9.17, 15) is 0 Å². The SMILES string of the molecule is CCCCCC(CC)N(C(C)C)C(C)C. The lowest BCUT2D eigenvalue weighted by atomic mass is 10.0. The van der Waals surface area contributed by atoms with E-state index in [0.717, 1.165) is 6.04 Å². The Hall–Kier alpha value is -0.0400. The summed E-state index contributed by atoms with van der Waals surface area (Å²) in [4.78, 5) is 2.68. The van der Waals surface area contributed by atoms with Crippen molar-refractivity contribution in [3.05, 3.63) is 0 Å². The maximum Gasteiger partial charge on any atom is 0.00980 e. The first-order chi connectivity index (χ1) is 7.04. The zero-order chi connectivity index (χ0) is 11.8. The summed E-state index contributed by atoms with van der Waals surface area (Å²) in [6, 6.07) is 2.14. The summed E-state index contributed by atoms with van der Waals surface area (Å²) < 4.78 is 0. The Balaban J connectivity index is 4.19. The van der Waals surface area contributed by atoms with Crippen molar-refractivity contribution >= 4 is 0 Å². The maximum absolute atomic E-state index is 2.68. The third kappa shape index (κ3) is 5.55. The topological polar surface area (TPSA) is 3.24 Å². The number of nitrogens with zero attached hydrogens (tertiary/aromatic N) is 1. The lowest BCUT2D eigenvalue weighted by Crippen LogP contribution is -2.44. The van der Waals surface area contributed by atoms with Crippen molar-refractivity contribution in [2.45, 2.75) is 91.8 Å². The van der Waals surface area contributed by atoms with Crippen molar-refractivity contribution < 1.29 is 0 Å². The number of unbranched alkanes of at least 4 members (excludes halogenated alkanes) is 2. The standard InChI is InChI=1S/C14H31N/c1-7-9-10-11-14(8-2)15(12(3)4)13(5)6/h12-14H,7-11H2,1-6H3. The second-order valence-corrected chi connectivity index (χ2v) is 5.19. The van der Waals surface area contributed by atoms with Gasteiger partial charge in [0.1, 0.15) is 0 Å². The summed E-state index contributed by atoms with van der Waals surface area (Å²) in [6.07, 6.45) is 6.78. The molecule has 0 heterocycles. The largest absolute Gasteiger partial charge is 0.296 e. The molecule has 0 aliphatic heterocycles. The number of hydrogen-bond donors (Lipinski definition) is 0. The molecule has 0 aromatic rings. The molecule has 0 fully saturated rings. The van der Waals surface area contributed by atoms with Crippen LogP contribution in [-0.2, 0) is 0 Å². The lowest BCUT2D eigenvalue weighted by Gasteiger charge is -2.38.